The molecule has 1 aromatic heterocycles. The number of halogens is 2. The third-order valence-electron chi connectivity index (χ3n) is 3.57. The maximum Gasteiger partial charge on any atom is 0.291 e. The van der Waals surface area contributed by atoms with Gasteiger partial charge in [0.2, 0.25) is 5.82 Å². The molecule has 0 bridgehead atoms. The van der Waals surface area contributed by atoms with E-state index in [1.165, 1.54) is 4.68 Å². The summed E-state index contributed by atoms with van der Waals surface area (Å²) in [5.41, 5.74) is 0.494. The largest absolute Gasteiger partial charge is 0.393 e. The maximum absolute atomic E-state index is 12.1. The number of hydrogen-bond acceptors (Lipinski definition) is 4. The minimum Gasteiger partial charge on any atom is -0.393 e. The van der Waals surface area contributed by atoms with Crippen LogP contribution in [0.1, 0.15) is 29.3 Å². The zero-order valence-corrected chi connectivity index (χ0v) is 13.3. The number of carbonyl (C=O) groups excluding carboxylic acids is 1. The van der Waals surface area contributed by atoms with Gasteiger partial charge in [-0.2, -0.15) is 0 Å². The molecule has 2 aromatic rings. The van der Waals surface area contributed by atoms with Crippen molar-refractivity contribution in [1.82, 2.24) is 20.1 Å². The van der Waals surface area contributed by atoms with E-state index in [1.807, 2.05) is 0 Å². The molecule has 0 spiro atoms. The molecule has 0 radical (unpaired) electrons. The van der Waals surface area contributed by atoms with Crippen LogP contribution >= 0.6 is 23.2 Å². The van der Waals surface area contributed by atoms with Gasteiger partial charge in [-0.05, 0) is 31.9 Å². The van der Waals surface area contributed by atoms with Gasteiger partial charge >= 0.3 is 0 Å². The van der Waals surface area contributed by atoms with Gasteiger partial charge < -0.3 is 10.4 Å². The molecule has 0 unspecified atom stereocenters. The number of benzene rings is 1. The third kappa shape index (κ3) is 2.82. The number of carbonyl (C=O) groups is 1. The Morgan fingerprint density at radius 1 is 1.36 bits per heavy atom. The number of aliphatic hydroxyl groups is 1. The van der Waals surface area contributed by atoms with E-state index in [1.54, 1.807) is 25.1 Å². The van der Waals surface area contributed by atoms with Crippen LogP contribution in [-0.2, 0) is 0 Å². The second-order valence-corrected chi connectivity index (χ2v) is 6.07. The highest BCUT2D eigenvalue weighted by molar-refractivity contribution is 6.37. The van der Waals surface area contributed by atoms with Gasteiger partial charge in [0.05, 0.1) is 16.1 Å². The van der Waals surface area contributed by atoms with Crippen molar-refractivity contribution in [2.24, 2.45) is 0 Å². The Morgan fingerprint density at radius 2 is 2.00 bits per heavy atom. The van der Waals surface area contributed by atoms with Crippen LogP contribution in [0, 0.1) is 6.92 Å². The van der Waals surface area contributed by atoms with Crippen LogP contribution in [0.5, 0.6) is 0 Å². The van der Waals surface area contributed by atoms with Gasteiger partial charge in [-0.3, -0.25) is 4.79 Å². The molecule has 8 heteroatoms. The van der Waals surface area contributed by atoms with E-state index in [-0.39, 0.29) is 23.9 Å². The van der Waals surface area contributed by atoms with E-state index in [0.29, 0.717) is 34.4 Å². The zero-order chi connectivity index (χ0) is 15.9. The van der Waals surface area contributed by atoms with E-state index in [4.69, 9.17) is 23.2 Å². The lowest BCUT2D eigenvalue weighted by molar-refractivity contribution is 0.0558. The van der Waals surface area contributed by atoms with Crippen molar-refractivity contribution in [1.29, 1.82) is 0 Å². The highest BCUT2D eigenvalue weighted by Crippen LogP contribution is 2.28. The lowest BCUT2D eigenvalue weighted by atomic mass is 9.89. The molecule has 0 saturated heterocycles. The molecule has 2 N–H and O–H groups in total. The fourth-order valence-corrected chi connectivity index (χ4v) is 2.90. The second kappa shape index (κ2) is 5.87. The lowest BCUT2D eigenvalue weighted by Crippen LogP contribution is -2.47. The summed E-state index contributed by atoms with van der Waals surface area (Å²) < 4.78 is 1.45. The fraction of sp³-hybridized carbons (Fsp3) is 0.357. The second-order valence-electron chi connectivity index (χ2n) is 5.26. The Kier molecular flexibility index (Phi) is 4.08. The lowest BCUT2D eigenvalue weighted by Gasteiger charge is -2.31. The standard InChI is InChI=1S/C14H14Cl2N4O2/c1-7-17-13(14(22)18-8-5-9(21)6-8)19-20(7)12-10(15)3-2-4-11(12)16/h2-4,8-9,21H,5-6H2,1H3,(H,18,22). The quantitative estimate of drug-likeness (QED) is 0.896. The molecule has 6 nitrogen and oxygen atoms in total. The molecule has 1 fully saturated rings. The highest BCUT2D eigenvalue weighted by atomic mass is 35.5. The predicted octanol–water partition coefficient (Wildman–Crippen LogP) is 2.14. The number of amides is 1. The van der Waals surface area contributed by atoms with E-state index >= 15 is 0 Å². The molecular weight excluding hydrogens is 327 g/mol. The van der Waals surface area contributed by atoms with Gasteiger partial charge in [0.25, 0.3) is 5.91 Å². The molecule has 1 aliphatic rings. The van der Waals surface area contributed by atoms with Crippen LogP contribution in [0.2, 0.25) is 10.0 Å². The summed E-state index contributed by atoms with van der Waals surface area (Å²) in [5.74, 6) is 0.186. The van der Waals surface area contributed by atoms with Crippen LogP contribution in [-0.4, -0.2) is 37.9 Å². The van der Waals surface area contributed by atoms with Crippen molar-refractivity contribution in [3.63, 3.8) is 0 Å². The van der Waals surface area contributed by atoms with Crippen LogP contribution in [0.3, 0.4) is 0 Å². The number of aromatic nitrogens is 3. The number of hydrogen-bond donors (Lipinski definition) is 2. The molecular formula is C14H14Cl2N4O2. The first kappa shape index (κ1) is 15.3. The number of rotatable bonds is 3. The molecule has 0 atom stereocenters. The topological polar surface area (TPSA) is 80.0 Å². The summed E-state index contributed by atoms with van der Waals surface area (Å²) in [7, 11) is 0. The van der Waals surface area contributed by atoms with E-state index in [2.05, 4.69) is 15.4 Å². The van der Waals surface area contributed by atoms with Crippen LogP contribution in [0.4, 0.5) is 0 Å². The Labute approximate surface area is 137 Å². The van der Waals surface area contributed by atoms with E-state index in [9.17, 15) is 9.90 Å². The van der Waals surface area contributed by atoms with Crippen molar-refractivity contribution in [3.05, 3.63) is 39.9 Å². The van der Waals surface area contributed by atoms with Crippen LogP contribution < -0.4 is 5.32 Å². The number of nitrogens with zero attached hydrogens (tertiary/aromatic N) is 3. The Hall–Kier alpha value is -1.63. The van der Waals surface area contributed by atoms with Crippen molar-refractivity contribution in [3.8, 4) is 5.69 Å². The maximum atomic E-state index is 12.1. The average Bonchev–Trinajstić information content (AvgIpc) is 2.79. The fourth-order valence-electron chi connectivity index (χ4n) is 2.35. The minimum atomic E-state index is -0.373. The summed E-state index contributed by atoms with van der Waals surface area (Å²) in [6, 6.07) is 5.09. The van der Waals surface area contributed by atoms with E-state index in [0.717, 1.165) is 0 Å². The van der Waals surface area contributed by atoms with Gasteiger partial charge in [0, 0.05) is 6.04 Å². The van der Waals surface area contributed by atoms with Crippen molar-refractivity contribution in [2.45, 2.75) is 31.9 Å². The molecule has 116 valence electrons. The summed E-state index contributed by atoms with van der Waals surface area (Å²) in [6.45, 7) is 1.72. The molecule has 1 aliphatic carbocycles. The number of nitrogens with one attached hydrogen (secondary N) is 1. The van der Waals surface area contributed by atoms with Crippen molar-refractivity contribution in [2.75, 3.05) is 0 Å². The van der Waals surface area contributed by atoms with Crippen LogP contribution in [0.15, 0.2) is 18.2 Å². The molecule has 1 saturated carbocycles. The van der Waals surface area contributed by atoms with Crippen LogP contribution in [0.25, 0.3) is 5.69 Å². The summed E-state index contributed by atoms with van der Waals surface area (Å²) in [6.07, 6.45) is 0.781. The van der Waals surface area contributed by atoms with Gasteiger partial charge in [-0.25, -0.2) is 9.67 Å². The molecule has 1 amide bonds. The van der Waals surface area contributed by atoms with Gasteiger partial charge in [-0.15, -0.1) is 5.10 Å². The third-order valence-corrected chi connectivity index (χ3v) is 4.18. The number of aryl methyl sites for hydroxylation is 1. The molecule has 0 aliphatic heterocycles. The number of para-hydroxylation sites is 1. The first-order valence-corrected chi connectivity index (χ1v) is 7.58. The molecule has 22 heavy (non-hydrogen) atoms. The predicted molar refractivity (Wildman–Crippen MR) is 82.6 cm³/mol. The normalized spacial score (nSPS) is 20.5. The summed E-state index contributed by atoms with van der Waals surface area (Å²) in [4.78, 5) is 16.3. The Morgan fingerprint density at radius 3 is 2.59 bits per heavy atom. The van der Waals surface area contributed by atoms with E-state index < -0.39 is 0 Å². The summed E-state index contributed by atoms with van der Waals surface area (Å²) in [5, 5.41) is 17.1. The highest BCUT2D eigenvalue weighted by Gasteiger charge is 2.30. The monoisotopic (exact) mass is 340 g/mol. The Balaban J connectivity index is 1.86. The number of aliphatic hydroxyl groups excluding tert-OH is 1. The SMILES string of the molecule is Cc1nc(C(=O)NC2CC(O)C2)nn1-c1c(Cl)cccc1Cl. The first-order valence-electron chi connectivity index (χ1n) is 6.82. The smallest absolute Gasteiger partial charge is 0.291 e. The van der Waals surface area contributed by atoms with Crippen molar-refractivity contribution < 1.29 is 9.90 Å². The molecule has 1 aromatic carbocycles. The molecule has 3 rings (SSSR count). The average molecular weight is 341 g/mol. The minimum absolute atomic E-state index is 0.0290. The van der Waals surface area contributed by atoms with Gasteiger partial charge in [0.15, 0.2) is 0 Å². The molecule has 1 heterocycles. The zero-order valence-electron chi connectivity index (χ0n) is 11.8. The van der Waals surface area contributed by atoms with Gasteiger partial charge in [-0.1, -0.05) is 29.3 Å². The Bertz CT molecular complexity index is 705. The summed E-state index contributed by atoms with van der Waals surface area (Å²) >= 11 is 12.3. The first-order chi connectivity index (χ1) is 10.5. The van der Waals surface area contributed by atoms with Crippen molar-refractivity contribution >= 4 is 29.1 Å². The van der Waals surface area contributed by atoms with Gasteiger partial charge in [0.1, 0.15) is 11.5 Å².